The predicted octanol–water partition coefficient (Wildman–Crippen LogP) is 1.40. The van der Waals surface area contributed by atoms with Gasteiger partial charge in [-0.3, -0.25) is 9.59 Å². The van der Waals surface area contributed by atoms with Crippen LogP contribution in [0.4, 0.5) is 0 Å². The number of amides is 1. The van der Waals surface area contributed by atoms with Crippen LogP contribution in [0.3, 0.4) is 0 Å². The predicted molar refractivity (Wildman–Crippen MR) is 56.4 cm³/mol. The van der Waals surface area contributed by atoms with E-state index >= 15 is 0 Å². The van der Waals surface area contributed by atoms with Gasteiger partial charge >= 0.3 is 5.97 Å². The van der Waals surface area contributed by atoms with Crippen molar-refractivity contribution in [1.82, 2.24) is 5.32 Å². The third-order valence-electron chi connectivity index (χ3n) is 3.05. The second-order valence-corrected chi connectivity index (χ2v) is 4.14. The van der Waals surface area contributed by atoms with Crippen LogP contribution in [0.2, 0.25) is 0 Å². The van der Waals surface area contributed by atoms with E-state index in [4.69, 9.17) is 5.11 Å². The highest BCUT2D eigenvalue weighted by molar-refractivity contribution is 5.83. The minimum Gasteiger partial charge on any atom is -0.481 e. The molecule has 1 atom stereocenters. The fraction of sp³-hybridized carbons (Fsp3) is 0.818. The quantitative estimate of drug-likeness (QED) is 0.725. The SMILES string of the molecule is CCNC(=O)C(CC(=O)O)C1CCCC1. The van der Waals surface area contributed by atoms with Crippen LogP contribution in [-0.2, 0) is 9.59 Å². The highest BCUT2D eigenvalue weighted by Gasteiger charge is 2.31. The standard InChI is InChI=1S/C11H19NO3/c1-2-12-11(15)9(7-10(13)14)8-5-3-4-6-8/h8-9H,2-7H2,1H3,(H,12,15)(H,13,14). The zero-order chi connectivity index (χ0) is 11.3. The number of rotatable bonds is 5. The average Bonchev–Trinajstić information content (AvgIpc) is 2.66. The van der Waals surface area contributed by atoms with E-state index in [1.807, 2.05) is 6.92 Å². The maximum Gasteiger partial charge on any atom is 0.304 e. The molecular formula is C11H19NO3. The topological polar surface area (TPSA) is 66.4 Å². The lowest BCUT2D eigenvalue weighted by molar-refractivity contribution is -0.142. The first-order chi connectivity index (χ1) is 7.15. The molecule has 4 heteroatoms. The lowest BCUT2D eigenvalue weighted by Gasteiger charge is -2.20. The number of carbonyl (C=O) groups is 2. The van der Waals surface area contributed by atoms with Crippen LogP contribution in [-0.4, -0.2) is 23.5 Å². The van der Waals surface area contributed by atoms with E-state index in [-0.39, 0.29) is 24.2 Å². The molecule has 0 radical (unpaired) electrons. The van der Waals surface area contributed by atoms with Gasteiger partial charge in [-0.05, 0) is 25.7 Å². The first kappa shape index (κ1) is 12.0. The van der Waals surface area contributed by atoms with Gasteiger partial charge in [0.1, 0.15) is 0 Å². The van der Waals surface area contributed by atoms with Crippen LogP contribution < -0.4 is 5.32 Å². The van der Waals surface area contributed by atoms with E-state index in [0.717, 1.165) is 25.7 Å². The Kier molecular flexibility index (Phi) is 4.59. The number of carbonyl (C=O) groups excluding carboxylic acids is 1. The Balaban J connectivity index is 2.58. The lowest BCUT2D eigenvalue weighted by Crippen LogP contribution is -2.35. The fourth-order valence-corrected chi connectivity index (χ4v) is 2.33. The molecule has 2 N–H and O–H groups in total. The molecule has 15 heavy (non-hydrogen) atoms. The molecule has 0 bridgehead atoms. The van der Waals surface area contributed by atoms with Crippen molar-refractivity contribution in [2.24, 2.45) is 11.8 Å². The molecule has 1 amide bonds. The molecule has 0 aromatic rings. The molecule has 0 aromatic carbocycles. The summed E-state index contributed by atoms with van der Waals surface area (Å²) in [5.41, 5.74) is 0. The van der Waals surface area contributed by atoms with Crippen LogP contribution in [0.15, 0.2) is 0 Å². The minimum atomic E-state index is -0.877. The summed E-state index contributed by atoms with van der Waals surface area (Å²) in [6.45, 7) is 2.42. The molecular weight excluding hydrogens is 194 g/mol. The Labute approximate surface area is 90.0 Å². The number of aliphatic carboxylic acids is 1. The number of carboxylic acids is 1. The lowest BCUT2D eigenvalue weighted by atomic mass is 9.87. The molecule has 1 saturated carbocycles. The van der Waals surface area contributed by atoms with Crippen molar-refractivity contribution in [3.8, 4) is 0 Å². The summed E-state index contributed by atoms with van der Waals surface area (Å²) < 4.78 is 0. The monoisotopic (exact) mass is 213 g/mol. The highest BCUT2D eigenvalue weighted by atomic mass is 16.4. The molecule has 0 aromatic heterocycles. The zero-order valence-corrected chi connectivity index (χ0v) is 9.16. The maximum absolute atomic E-state index is 11.7. The van der Waals surface area contributed by atoms with Crippen molar-refractivity contribution >= 4 is 11.9 Å². The van der Waals surface area contributed by atoms with Gasteiger partial charge in [0.05, 0.1) is 12.3 Å². The molecule has 1 aliphatic rings. The molecule has 0 heterocycles. The van der Waals surface area contributed by atoms with Gasteiger partial charge in [0.2, 0.25) is 5.91 Å². The summed E-state index contributed by atoms with van der Waals surface area (Å²) in [6, 6.07) is 0. The third-order valence-corrected chi connectivity index (χ3v) is 3.05. The minimum absolute atomic E-state index is 0.0312. The summed E-state index contributed by atoms with van der Waals surface area (Å²) in [5.74, 6) is -1.03. The number of hydrogen-bond acceptors (Lipinski definition) is 2. The number of hydrogen-bond donors (Lipinski definition) is 2. The van der Waals surface area contributed by atoms with Crippen molar-refractivity contribution < 1.29 is 14.7 Å². The van der Waals surface area contributed by atoms with E-state index in [2.05, 4.69) is 5.32 Å². The second kappa shape index (κ2) is 5.73. The summed E-state index contributed by atoms with van der Waals surface area (Å²) in [4.78, 5) is 22.4. The number of carboxylic acid groups (broad SMARTS) is 1. The Morgan fingerprint density at radius 1 is 1.40 bits per heavy atom. The molecule has 1 rings (SSSR count). The smallest absolute Gasteiger partial charge is 0.304 e. The number of nitrogens with one attached hydrogen (secondary N) is 1. The van der Waals surface area contributed by atoms with E-state index in [0.29, 0.717) is 6.54 Å². The maximum atomic E-state index is 11.7. The van der Waals surface area contributed by atoms with E-state index in [1.165, 1.54) is 0 Å². The molecule has 1 aliphatic carbocycles. The highest BCUT2D eigenvalue weighted by Crippen LogP contribution is 2.33. The summed E-state index contributed by atoms with van der Waals surface area (Å²) >= 11 is 0. The first-order valence-electron chi connectivity index (χ1n) is 5.64. The van der Waals surface area contributed by atoms with Gasteiger partial charge in [0.25, 0.3) is 0 Å². The first-order valence-corrected chi connectivity index (χ1v) is 5.64. The Morgan fingerprint density at radius 2 is 2.00 bits per heavy atom. The molecule has 4 nitrogen and oxygen atoms in total. The van der Waals surface area contributed by atoms with Gasteiger partial charge in [0.15, 0.2) is 0 Å². The van der Waals surface area contributed by atoms with E-state index in [1.54, 1.807) is 0 Å². The molecule has 1 fully saturated rings. The normalized spacial score (nSPS) is 18.7. The second-order valence-electron chi connectivity index (χ2n) is 4.14. The Bertz CT molecular complexity index is 234. The van der Waals surface area contributed by atoms with E-state index < -0.39 is 5.97 Å². The Hall–Kier alpha value is -1.06. The molecule has 0 saturated heterocycles. The third kappa shape index (κ3) is 3.53. The molecule has 86 valence electrons. The summed E-state index contributed by atoms with van der Waals surface area (Å²) in [5, 5.41) is 11.5. The van der Waals surface area contributed by atoms with E-state index in [9.17, 15) is 9.59 Å². The van der Waals surface area contributed by atoms with Crippen LogP contribution in [0.1, 0.15) is 39.0 Å². The van der Waals surface area contributed by atoms with Crippen LogP contribution in [0, 0.1) is 11.8 Å². The van der Waals surface area contributed by atoms with Crippen LogP contribution in [0.5, 0.6) is 0 Å². The van der Waals surface area contributed by atoms with Gasteiger partial charge < -0.3 is 10.4 Å². The van der Waals surface area contributed by atoms with Gasteiger partial charge in [0, 0.05) is 6.54 Å². The molecule has 0 aliphatic heterocycles. The zero-order valence-electron chi connectivity index (χ0n) is 9.16. The summed E-state index contributed by atoms with van der Waals surface area (Å²) in [6.07, 6.45) is 4.21. The van der Waals surface area contributed by atoms with Crippen LogP contribution >= 0.6 is 0 Å². The molecule has 1 unspecified atom stereocenters. The van der Waals surface area contributed by atoms with Gasteiger partial charge in [-0.2, -0.15) is 0 Å². The Morgan fingerprint density at radius 3 is 2.47 bits per heavy atom. The van der Waals surface area contributed by atoms with Crippen molar-refractivity contribution in [3.63, 3.8) is 0 Å². The van der Waals surface area contributed by atoms with Crippen molar-refractivity contribution in [3.05, 3.63) is 0 Å². The summed E-state index contributed by atoms with van der Waals surface area (Å²) in [7, 11) is 0. The van der Waals surface area contributed by atoms with Crippen molar-refractivity contribution in [1.29, 1.82) is 0 Å². The van der Waals surface area contributed by atoms with Gasteiger partial charge in [-0.15, -0.1) is 0 Å². The fourth-order valence-electron chi connectivity index (χ4n) is 2.33. The van der Waals surface area contributed by atoms with Crippen molar-refractivity contribution in [2.75, 3.05) is 6.54 Å². The van der Waals surface area contributed by atoms with Gasteiger partial charge in [-0.1, -0.05) is 12.8 Å². The van der Waals surface area contributed by atoms with Gasteiger partial charge in [-0.25, -0.2) is 0 Å². The van der Waals surface area contributed by atoms with Crippen molar-refractivity contribution in [2.45, 2.75) is 39.0 Å². The molecule has 0 spiro atoms. The largest absolute Gasteiger partial charge is 0.481 e. The van der Waals surface area contributed by atoms with Crippen LogP contribution in [0.25, 0.3) is 0 Å². The average molecular weight is 213 g/mol.